The van der Waals surface area contributed by atoms with Crippen LogP contribution in [0.25, 0.3) is 11.0 Å². The molecule has 84 valence electrons. The zero-order valence-electron chi connectivity index (χ0n) is 9.96. The second-order valence-electron chi connectivity index (χ2n) is 3.65. The van der Waals surface area contributed by atoms with Gasteiger partial charge in [-0.05, 0) is 18.8 Å². The molecule has 1 atom stereocenters. The molecular formula is C11H12KN2O2P. The number of nitrogens with zero attached hydrogens (tertiary/aromatic N) is 2. The van der Waals surface area contributed by atoms with Gasteiger partial charge < -0.3 is 14.0 Å². The molecule has 17 heavy (non-hydrogen) atoms. The van der Waals surface area contributed by atoms with E-state index < -0.39 is 7.37 Å². The summed E-state index contributed by atoms with van der Waals surface area (Å²) in [4.78, 5) is 15.8. The number of hydrogen-bond donors (Lipinski definition) is 0. The van der Waals surface area contributed by atoms with Crippen LogP contribution in [-0.4, -0.2) is 16.2 Å². The van der Waals surface area contributed by atoms with E-state index in [0.717, 1.165) is 5.52 Å². The molecule has 2 rings (SSSR count). The quantitative estimate of drug-likeness (QED) is 0.374. The number of aromatic nitrogens is 2. The zero-order valence-corrected chi connectivity index (χ0v) is 14.0. The van der Waals surface area contributed by atoms with Crippen LogP contribution in [-0.2, 0) is 11.1 Å². The molecule has 1 aromatic heterocycles. The Morgan fingerprint density at radius 3 is 2.76 bits per heavy atom. The molecule has 0 saturated carbocycles. The fraction of sp³-hybridized carbons (Fsp3) is 0.182. The summed E-state index contributed by atoms with van der Waals surface area (Å²) in [6, 6.07) is 7.35. The van der Waals surface area contributed by atoms with Crippen molar-refractivity contribution in [1.82, 2.24) is 9.55 Å². The summed E-state index contributed by atoms with van der Waals surface area (Å²) in [5.74, 6) is 0. The van der Waals surface area contributed by atoms with E-state index in [2.05, 4.69) is 11.6 Å². The summed E-state index contributed by atoms with van der Waals surface area (Å²) in [5, 5.41) is 0. The van der Waals surface area contributed by atoms with Crippen LogP contribution < -0.4 is 61.8 Å². The summed E-state index contributed by atoms with van der Waals surface area (Å²) < 4.78 is 13.3. The Morgan fingerprint density at radius 2 is 2.18 bits per heavy atom. The van der Waals surface area contributed by atoms with E-state index in [1.54, 1.807) is 16.7 Å². The third kappa shape index (κ3) is 3.18. The average molecular weight is 274 g/mol. The van der Waals surface area contributed by atoms with Crippen LogP contribution in [0, 0.1) is 0 Å². The third-order valence-electron chi connectivity index (χ3n) is 2.31. The molecule has 0 fully saturated rings. The van der Waals surface area contributed by atoms with Gasteiger partial charge in [0, 0.05) is 6.54 Å². The second kappa shape index (κ2) is 5.93. The number of allylic oxidation sites excluding steroid dienone is 1. The van der Waals surface area contributed by atoms with Gasteiger partial charge in [0.05, 0.1) is 18.4 Å². The Kier molecular flexibility index (Phi) is 5.34. The summed E-state index contributed by atoms with van der Waals surface area (Å²) in [6.45, 7) is 5.25. The maximum Gasteiger partial charge on any atom is 1.00 e. The van der Waals surface area contributed by atoms with Crippen LogP contribution in [0.4, 0.5) is 0 Å². The van der Waals surface area contributed by atoms with Crippen molar-refractivity contribution < 1.29 is 60.8 Å². The molecule has 0 spiro atoms. The second-order valence-corrected chi connectivity index (χ2v) is 5.74. The van der Waals surface area contributed by atoms with E-state index in [0.29, 0.717) is 12.1 Å². The average Bonchev–Trinajstić information content (AvgIpc) is 2.58. The van der Waals surface area contributed by atoms with Crippen molar-refractivity contribution in [3.63, 3.8) is 0 Å². The fourth-order valence-corrected chi connectivity index (χ4v) is 2.60. The number of fused-ring (bicyclic) bond motifs is 1. The molecule has 0 amide bonds. The van der Waals surface area contributed by atoms with Crippen molar-refractivity contribution in [2.45, 2.75) is 6.54 Å². The van der Waals surface area contributed by atoms with Crippen molar-refractivity contribution in [3.05, 3.63) is 36.9 Å². The van der Waals surface area contributed by atoms with Gasteiger partial charge in [-0.3, -0.25) is 0 Å². The van der Waals surface area contributed by atoms with Gasteiger partial charge in [-0.2, -0.15) is 0 Å². The summed E-state index contributed by atoms with van der Waals surface area (Å²) in [5.41, 5.74) is 1.63. The van der Waals surface area contributed by atoms with E-state index in [9.17, 15) is 9.46 Å². The molecule has 0 aliphatic heterocycles. The molecule has 2 aromatic rings. The summed E-state index contributed by atoms with van der Waals surface area (Å²) in [6.07, 6.45) is 1.66. The molecule has 6 heteroatoms. The van der Waals surface area contributed by atoms with E-state index >= 15 is 0 Å². The van der Waals surface area contributed by atoms with Crippen LogP contribution in [0.15, 0.2) is 36.9 Å². The SMILES string of the molecule is C=CCn1c(P(C)(=O)[O-])nc2ccccc21.[K+]. The topological polar surface area (TPSA) is 58.0 Å². The van der Waals surface area contributed by atoms with Crippen LogP contribution in [0.1, 0.15) is 0 Å². The van der Waals surface area contributed by atoms with Gasteiger partial charge in [-0.15, -0.1) is 6.58 Å². The Balaban J connectivity index is 0.00000144. The first-order valence-corrected chi connectivity index (χ1v) is 6.96. The molecular weight excluding hydrogens is 262 g/mol. The van der Waals surface area contributed by atoms with Crippen LogP contribution >= 0.6 is 7.37 Å². The molecule has 0 aliphatic rings. The molecule has 0 saturated heterocycles. The molecule has 0 radical (unpaired) electrons. The third-order valence-corrected chi connectivity index (χ3v) is 3.38. The van der Waals surface area contributed by atoms with Gasteiger partial charge in [-0.1, -0.05) is 18.2 Å². The van der Waals surface area contributed by atoms with Crippen molar-refractivity contribution in [2.24, 2.45) is 0 Å². The van der Waals surface area contributed by atoms with Gasteiger partial charge in [0.15, 0.2) is 5.57 Å². The fourth-order valence-electron chi connectivity index (χ4n) is 1.68. The molecule has 1 aromatic carbocycles. The maximum atomic E-state index is 11.6. The minimum Gasteiger partial charge on any atom is -0.794 e. The first-order valence-electron chi connectivity index (χ1n) is 4.89. The Labute approximate surface area is 143 Å². The van der Waals surface area contributed by atoms with Gasteiger partial charge in [0.2, 0.25) is 0 Å². The summed E-state index contributed by atoms with van der Waals surface area (Å²) in [7, 11) is -3.60. The van der Waals surface area contributed by atoms with Crippen molar-refractivity contribution in [2.75, 3.05) is 6.66 Å². The number of para-hydroxylation sites is 2. The Morgan fingerprint density at radius 1 is 1.53 bits per heavy atom. The Hall–Kier alpha value is 0.256. The van der Waals surface area contributed by atoms with Gasteiger partial charge in [0.1, 0.15) is 0 Å². The minimum atomic E-state index is -3.60. The van der Waals surface area contributed by atoms with Gasteiger partial charge in [0.25, 0.3) is 0 Å². The number of hydrogen-bond acceptors (Lipinski definition) is 3. The largest absolute Gasteiger partial charge is 1.00 e. The molecule has 1 unspecified atom stereocenters. The standard InChI is InChI=1S/C11H13N2O2P.K/c1-3-8-13-10-7-5-4-6-9(10)12-11(13)16(2,14)15;/h3-7H,1,8H2,2H3,(H,14,15);/q;+1/p-1. The number of benzene rings is 1. The smallest absolute Gasteiger partial charge is 0.794 e. The van der Waals surface area contributed by atoms with Crippen LogP contribution in [0.5, 0.6) is 0 Å². The van der Waals surface area contributed by atoms with Gasteiger partial charge >= 0.3 is 51.4 Å². The van der Waals surface area contributed by atoms with E-state index in [1.165, 1.54) is 6.66 Å². The molecule has 0 aliphatic carbocycles. The van der Waals surface area contributed by atoms with E-state index in [-0.39, 0.29) is 57.0 Å². The van der Waals surface area contributed by atoms with Crippen molar-refractivity contribution >= 4 is 24.0 Å². The molecule has 4 nitrogen and oxygen atoms in total. The first-order chi connectivity index (χ1) is 7.54. The number of rotatable bonds is 3. The van der Waals surface area contributed by atoms with E-state index in [1.807, 2.05) is 18.2 Å². The summed E-state index contributed by atoms with van der Waals surface area (Å²) >= 11 is 0. The van der Waals surface area contributed by atoms with E-state index in [4.69, 9.17) is 0 Å². The Bertz CT molecular complexity index is 588. The van der Waals surface area contributed by atoms with Crippen LogP contribution in [0.3, 0.4) is 0 Å². The maximum absolute atomic E-state index is 11.6. The first kappa shape index (κ1) is 15.3. The normalized spacial score (nSPS) is 14.0. The molecule has 0 bridgehead atoms. The van der Waals surface area contributed by atoms with Crippen molar-refractivity contribution in [3.8, 4) is 0 Å². The number of imidazole rings is 1. The zero-order chi connectivity index (χ0) is 11.8. The molecule has 0 N–H and O–H groups in total. The minimum absolute atomic E-state index is 0. The van der Waals surface area contributed by atoms with Crippen LogP contribution in [0.2, 0.25) is 0 Å². The monoisotopic (exact) mass is 274 g/mol. The molecule has 1 heterocycles. The van der Waals surface area contributed by atoms with Crippen molar-refractivity contribution in [1.29, 1.82) is 0 Å². The predicted molar refractivity (Wildman–Crippen MR) is 63.1 cm³/mol. The van der Waals surface area contributed by atoms with Gasteiger partial charge in [-0.25, -0.2) is 4.98 Å². The predicted octanol–water partition coefficient (Wildman–Crippen LogP) is -1.88.